The monoisotopic (exact) mass is 264 g/mol. The van der Waals surface area contributed by atoms with Crippen molar-refractivity contribution in [2.75, 3.05) is 6.61 Å². The molecule has 1 N–H and O–H groups in total. The summed E-state index contributed by atoms with van der Waals surface area (Å²) in [5, 5.41) is 12.3. The maximum atomic E-state index is 12.3. The van der Waals surface area contributed by atoms with Crippen molar-refractivity contribution in [3.8, 4) is 6.07 Å². The van der Waals surface area contributed by atoms with Gasteiger partial charge in [0.15, 0.2) is 0 Å². The highest BCUT2D eigenvalue weighted by molar-refractivity contribution is 5.86. The average molecular weight is 264 g/mol. The first-order valence-corrected chi connectivity index (χ1v) is 7.46. The van der Waals surface area contributed by atoms with Gasteiger partial charge in [-0.2, -0.15) is 5.26 Å². The standard InChI is InChI=1S/C15H24N2O2/c1-3-15(4-2)10-12(6-9-19-15)17-13(18)14(11-16)7-5-8-14/h12H,3-10H2,1-2H3,(H,17,18). The predicted molar refractivity (Wildman–Crippen MR) is 72.3 cm³/mol. The Morgan fingerprint density at radius 2 is 2.11 bits per heavy atom. The van der Waals surface area contributed by atoms with Gasteiger partial charge in [0.05, 0.1) is 11.7 Å². The number of hydrogen-bond acceptors (Lipinski definition) is 3. The highest BCUT2D eigenvalue weighted by Crippen LogP contribution is 2.41. The van der Waals surface area contributed by atoms with E-state index in [0.717, 1.165) is 32.1 Å². The molecule has 0 aromatic heterocycles. The molecule has 0 spiro atoms. The lowest BCUT2D eigenvalue weighted by Gasteiger charge is -2.42. The number of hydrogen-bond donors (Lipinski definition) is 1. The van der Waals surface area contributed by atoms with Crippen LogP contribution in [-0.2, 0) is 9.53 Å². The molecular weight excluding hydrogens is 240 g/mol. The van der Waals surface area contributed by atoms with Crippen molar-refractivity contribution in [1.29, 1.82) is 5.26 Å². The first-order chi connectivity index (χ1) is 9.10. The van der Waals surface area contributed by atoms with Gasteiger partial charge in [-0.25, -0.2) is 0 Å². The van der Waals surface area contributed by atoms with Crippen molar-refractivity contribution in [3.63, 3.8) is 0 Å². The van der Waals surface area contributed by atoms with Gasteiger partial charge < -0.3 is 10.1 Å². The summed E-state index contributed by atoms with van der Waals surface area (Å²) in [6.45, 7) is 4.97. The van der Waals surface area contributed by atoms with Crippen LogP contribution in [0.4, 0.5) is 0 Å². The van der Waals surface area contributed by atoms with Gasteiger partial charge in [-0.1, -0.05) is 13.8 Å². The molecule has 4 nitrogen and oxygen atoms in total. The van der Waals surface area contributed by atoms with Crippen molar-refractivity contribution in [2.45, 2.75) is 70.4 Å². The van der Waals surface area contributed by atoms with Gasteiger partial charge in [-0.15, -0.1) is 0 Å². The summed E-state index contributed by atoms with van der Waals surface area (Å²) < 4.78 is 5.91. The molecule has 1 aliphatic heterocycles. The fraction of sp³-hybridized carbons (Fsp3) is 0.867. The molecule has 106 valence electrons. The molecule has 1 heterocycles. The molecule has 1 aliphatic carbocycles. The Bertz CT molecular complexity index is 378. The Balaban J connectivity index is 1.96. The summed E-state index contributed by atoms with van der Waals surface area (Å²) in [7, 11) is 0. The molecule has 0 aromatic rings. The van der Waals surface area contributed by atoms with Gasteiger partial charge in [0, 0.05) is 12.6 Å². The lowest BCUT2D eigenvalue weighted by Crippen LogP contribution is -2.53. The Morgan fingerprint density at radius 1 is 1.42 bits per heavy atom. The second kappa shape index (κ2) is 5.50. The molecule has 0 aromatic carbocycles. The zero-order valence-electron chi connectivity index (χ0n) is 12.0. The van der Waals surface area contributed by atoms with Gasteiger partial charge >= 0.3 is 0 Å². The van der Waals surface area contributed by atoms with Crippen molar-refractivity contribution < 1.29 is 9.53 Å². The van der Waals surface area contributed by atoms with E-state index < -0.39 is 5.41 Å². The molecule has 2 rings (SSSR count). The maximum absolute atomic E-state index is 12.3. The summed E-state index contributed by atoms with van der Waals surface area (Å²) in [4.78, 5) is 12.3. The van der Waals surface area contributed by atoms with Crippen LogP contribution >= 0.6 is 0 Å². The number of rotatable bonds is 4. The lowest BCUT2D eigenvalue weighted by molar-refractivity contribution is -0.136. The van der Waals surface area contributed by atoms with Crippen LogP contribution in [0.25, 0.3) is 0 Å². The minimum Gasteiger partial charge on any atom is -0.375 e. The molecule has 1 atom stereocenters. The molecule has 0 radical (unpaired) electrons. The highest BCUT2D eigenvalue weighted by Gasteiger charge is 2.46. The van der Waals surface area contributed by atoms with E-state index in [0.29, 0.717) is 19.4 Å². The van der Waals surface area contributed by atoms with E-state index in [2.05, 4.69) is 25.2 Å². The zero-order valence-corrected chi connectivity index (χ0v) is 12.0. The second-order valence-corrected chi connectivity index (χ2v) is 5.95. The van der Waals surface area contributed by atoms with E-state index in [1.807, 2.05) is 0 Å². The van der Waals surface area contributed by atoms with E-state index in [1.165, 1.54) is 0 Å². The van der Waals surface area contributed by atoms with Crippen LogP contribution in [0.15, 0.2) is 0 Å². The molecule has 4 heteroatoms. The zero-order chi connectivity index (χ0) is 13.9. The molecule has 0 bridgehead atoms. The van der Waals surface area contributed by atoms with Crippen LogP contribution in [-0.4, -0.2) is 24.2 Å². The predicted octanol–water partition coefficient (Wildman–Crippen LogP) is 2.53. The van der Waals surface area contributed by atoms with Crippen LogP contribution in [0.5, 0.6) is 0 Å². The van der Waals surface area contributed by atoms with E-state index in [-0.39, 0.29) is 17.6 Å². The molecule has 2 aliphatic rings. The first-order valence-electron chi connectivity index (χ1n) is 7.46. The van der Waals surface area contributed by atoms with Crippen LogP contribution in [0.2, 0.25) is 0 Å². The third kappa shape index (κ3) is 2.62. The van der Waals surface area contributed by atoms with E-state index >= 15 is 0 Å². The van der Waals surface area contributed by atoms with Gasteiger partial charge in [-0.3, -0.25) is 4.79 Å². The lowest BCUT2D eigenvalue weighted by atomic mass is 9.69. The minimum absolute atomic E-state index is 0.0609. The van der Waals surface area contributed by atoms with Crippen LogP contribution in [0.3, 0.4) is 0 Å². The van der Waals surface area contributed by atoms with Gasteiger partial charge in [0.2, 0.25) is 5.91 Å². The SMILES string of the molecule is CCC1(CC)CC(NC(=O)C2(C#N)CCC2)CCO1. The smallest absolute Gasteiger partial charge is 0.240 e. The third-order valence-corrected chi connectivity index (χ3v) is 4.97. The quantitative estimate of drug-likeness (QED) is 0.848. The number of ether oxygens (including phenoxy) is 1. The third-order valence-electron chi connectivity index (χ3n) is 4.97. The minimum atomic E-state index is -0.737. The number of carbonyl (C=O) groups is 1. The van der Waals surface area contributed by atoms with Gasteiger partial charge in [-0.05, 0) is 44.9 Å². The topological polar surface area (TPSA) is 62.1 Å². The van der Waals surface area contributed by atoms with Crippen LogP contribution < -0.4 is 5.32 Å². The van der Waals surface area contributed by atoms with Crippen molar-refractivity contribution >= 4 is 5.91 Å². The van der Waals surface area contributed by atoms with Crippen molar-refractivity contribution in [2.24, 2.45) is 5.41 Å². The van der Waals surface area contributed by atoms with E-state index in [4.69, 9.17) is 4.74 Å². The molecular formula is C15H24N2O2. The Labute approximate surface area is 115 Å². The molecule has 1 unspecified atom stereocenters. The van der Waals surface area contributed by atoms with Crippen molar-refractivity contribution in [1.82, 2.24) is 5.32 Å². The summed E-state index contributed by atoms with van der Waals surface area (Å²) in [6.07, 6.45) is 6.08. The first kappa shape index (κ1) is 14.3. The molecule has 1 amide bonds. The normalized spacial score (nSPS) is 27.9. The van der Waals surface area contributed by atoms with Crippen LogP contribution in [0, 0.1) is 16.7 Å². The second-order valence-electron chi connectivity index (χ2n) is 5.95. The largest absolute Gasteiger partial charge is 0.375 e. The molecule has 1 saturated heterocycles. The van der Waals surface area contributed by atoms with E-state index in [1.54, 1.807) is 0 Å². The summed E-state index contributed by atoms with van der Waals surface area (Å²) >= 11 is 0. The van der Waals surface area contributed by atoms with Gasteiger partial charge in [0.1, 0.15) is 5.41 Å². The number of amides is 1. The van der Waals surface area contributed by atoms with Crippen molar-refractivity contribution in [3.05, 3.63) is 0 Å². The molecule has 19 heavy (non-hydrogen) atoms. The Hall–Kier alpha value is -1.08. The summed E-state index contributed by atoms with van der Waals surface area (Å²) in [5.74, 6) is -0.0609. The number of nitriles is 1. The number of nitrogens with one attached hydrogen (secondary N) is 1. The van der Waals surface area contributed by atoms with Crippen LogP contribution in [0.1, 0.15) is 58.8 Å². The fourth-order valence-electron chi connectivity index (χ4n) is 3.14. The fourth-order valence-corrected chi connectivity index (χ4v) is 3.14. The number of nitrogens with zero attached hydrogens (tertiary/aromatic N) is 1. The summed E-state index contributed by atoms with van der Waals surface area (Å²) in [6, 6.07) is 2.37. The van der Waals surface area contributed by atoms with Gasteiger partial charge in [0.25, 0.3) is 0 Å². The highest BCUT2D eigenvalue weighted by atomic mass is 16.5. The maximum Gasteiger partial charge on any atom is 0.240 e. The molecule has 1 saturated carbocycles. The average Bonchev–Trinajstić information content (AvgIpc) is 2.38. The number of carbonyl (C=O) groups excluding carboxylic acids is 1. The summed E-state index contributed by atoms with van der Waals surface area (Å²) in [5.41, 5.74) is -0.824. The Kier molecular flexibility index (Phi) is 4.15. The van der Waals surface area contributed by atoms with E-state index in [9.17, 15) is 10.1 Å². The Morgan fingerprint density at radius 3 is 2.58 bits per heavy atom. The molecule has 2 fully saturated rings.